The molecule has 0 N–H and O–H groups in total. The van der Waals surface area contributed by atoms with Crippen molar-refractivity contribution >= 4 is 23.5 Å². The number of benzene rings is 2. The van der Waals surface area contributed by atoms with Gasteiger partial charge in [0.1, 0.15) is 0 Å². The van der Waals surface area contributed by atoms with Crippen molar-refractivity contribution in [3.63, 3.8) is 0 Å². The number of hydrogen-bond acceptors (Lipinski definition) is 4. The van der Waals surface area contributed by atoms with Gasteiger partial charge in [0.05, 0.1) is 11.5 Å². The number of allylic oxidation sites excluding steroid dienone is 1. The molecule has 0 aliphatic rings. The Morgan fingerprint density at radius 1 is 1.00 bits per heavy atom. The van der Waals surface area contributed by atoms with E-state index in [4.69, 9.17) is 4.74 Å². The van der Waals surface area contributed by atoms with Gasteiger partial charge in [-0.3, -0.25) is 4.79 Å². The van der Waals surface area contributed by atoms with Crippen molar-refractivity contribution in [2.45, 2.75) is 18.2 Å². The molecule has 118 valence electrons. The maximum Gasteiger partial charge on any atom is 0.344 e. The number of Topliss-reactive ketones (excluding diaryl/α,β-unsaturated/α-hetero) is 1. The predicted molar refractivity (Wildman–Crippen MR) is 92.4 cm³/mol. The van der Waals surface area contributed by atoms with Crippen LogP contribution in [0.25, 0.3) is 0 Å². The summed E-state index contributed by atoms with van der Waals surface area (Å²) in [6, 6.07) is 18.6. The Bertz CT molecular complexity index is 678. The second-order valence-corrected chi connectivity index (χ2v) is 5.81. The third kappa shape index (κ3) is 5.42. The van der Waals surface area contributed by atoms with E-state index in [1.807, 2.05) is 48.5 Å². The van der Waals surface area contributed by atoms with E-state index in [0.717, 1.165) is 4.90 Å². The molecule has 23 heavy (non-hydrogen) atoms. The highest BCUT2D eigenvalue weighted by Gasteiger charge is 2.13. The van der Waals surface area contributed by atoms with Crippen LogP contribution < -0.4 is 0 Å². The highest BCUT2D eigenvalue weighted by molar-refractivity contribution is 8.04. The third-order valence-electron chi connectivity index (χ3n) is 3.02. The minimum absolute atomic E-state index is 0.0268. The van der Waals surface area contributed by atoms with Crippen molar-refractivity contribution in [2.75, 3.05) is 6.61 Å². The summed E-state index contributed by atoms with van der Waals surface area (Å²) >= 11 is 1.31. The second-order valence-electron chi connectivity index (χ2n) is 4.70. The van der Waals surface area contributed by atoms with Crippen molar-refractivity contribution in [3.05, 3.63) is 77.2 Å². The van der Waals surface area contributed by atoms with Crippen LogP contribution in [0.15, 0.2) is 76.5 Å². The Labute approximate surface area is 140 Å². The lowest BCUT2D eigenvalue weighted by atomic mass is 10.1. The van der Waals surface area contributed by atoms with Gasteiger partial charge in [-0.05, 0) is 19.1 Å². The van der Waals surface area contributed by atoms with Crippen molar-refractivity contribution in [1.82, 2.24) is 0 Å². The summed E-state index contributed by atoms with van der Waals surface area (Å²) in [5, 5.41) is 0. The summed E-state index contributed by atoms with van der Waals surface area (Å²) in [7, 11) is 0. The zero-order valence-corrected chi connectivity index (χ0v) is 13.7. The molecule has 0 aliphatic heterocycles. The predicted octanol–water partition coefficient (Wildman–Crippen LogP) is 4.50. The maximum absolute atomic E-state index is 12.2. The van der Waals surface area contributed by atoms with E-state index in [0.29, 0.717) is 17.1 Å². The van der Waals surface area contributed by atoms with Crippen LogP contribution in [0.4, 0.5) is 0 Å². The molecule has 0 amide bonds. The Hall–Kier alpha value is -2.33. The number of thioether (sulfide) groups is 1. The summed E-state index contributed by atoms with van der Waals surface area (Å²) in [6.07, 6.45) is 1.81. The highest BCUT2D eigenvalue weighted by atomic mass is 32.2. The molecule has 0 aromatic heterocycles. The van der Waals surface area contributed by atoms with E-state index in [-0.39, 0.29) is 12.2 Å². The fourth-order valence-corrected chi connectivity index (χ4v) is 2.77. The van der Waals surface area contributed by atoms with E-state index in [1.54, 1.807) is 25.1 Å². The van der Waals surface area contributed by atoms with Crippen LogP contribution in [0.5, 0.6) is 0 Å². The number of ether oxygens (including phenoxy) is 1. The lowest BCUT2D eigenvalue weighted by Gasteiger charge is -2.07. The average molecular weight is 326 g/mol. The van der Waals surface area contributed by atoms with Gasteiger partial charge in [-0.2, -0.15) is 0 Å². The zero-order chi connectivity index (χ0) is 16.5. The second kappa shape index (κ2) is 8.96. The lowest BCUT2D eigenvalue weighted by Crippen LogP contribution is -2.06. The highest BCUT2D eigenvalue weighted by Crippen LogP contribution is 2.27. The van der Waals surface area contributed by atoms with Gasteiger partial charge in [0.15, 0.2) is 5.78 Å². The summed E-state index contributed by atoms with van der Waals surface area (Å²) < 4.78 is 5.07. The number of hydrogen-bond donors (Lipinski definition) is 0. The van der Waals surface area contributed by atoms with Gasteiger partial charge in [-0.1, -0.05) is 66.4 Å². The first-order valence-corrected chi connectivity index (χ1v) is 8.20. The maximum atomic E-state index is 12.2. The first-order chi connectivity index (χ1) is 11.2. The molecule has 4 heteroatoms. The molecule has 0 unspecified atom stereocenters. The normalized spacial score (nSPS) is 11.1. The number of ketones is 1. The number of carbonyl (C=O) groups excluding carboxylic acids is 2. The van der Waals surface area contributed by atoms with Crippen molar-refractivity contribution < 1.29 is 14.3 Å². The minimum Gasteiger partial charge on any atom is -0.462 e. The minimum atomic E-state index is -0.401. The molecule has 0 radical (unpaired) electrons. The van der Waals surface area contributed by atoms with E-state index in [9.17, 15) is 9.59 Å². The van der Waals surface area contributed by atoms with Crippen molar-refractivity contribution in [3.8, 4) is 0 Å². The van der Waals surface area contributed by atoms with Crippen LogP contribution >= 0.6 is 11.8 Å². The van der Waals surface area contributed by atoms with Crippen molar-refractivity contribution in [1.29, 1.82) is 0 Å². The van der Waals surface area contributed by atoms with Crippen LogP contribution in [0.3, 0.4) is 0 Å². The van der Waals surface area contributed by atoms with Gasteiger partial charge in [0.25, 0.3) is 0 Å². The molecule has 0 bridgehead atoms. The van der Waals surface area contributed by atoms with Crippen LogP contribution in [0.2, 0.25) is 0 Å². The first kappa shape index (κ1) is 17.0. The molecule has 0 spiro atoms. The molecule has 0 heterocycles. The Morgan fingerprint density at radius 2 is 1.61 bits per heavy atom. The monoisotopic (exact) mass is 326 g/mol. The van der Waals surface area contributed by atoms with Gasteiger partial charge in [0.2, 0.25) is 0 Å². The number of esters is 1. The Kier molecular flexibility index (Phi) is 6.63. The fraction of sp³-hybridized carbons (Fsp3) is 0.158. The van der Waals surface area contributed by atoms with Crippen LogP contribution in [0.1, 0.15) is 23.7 Å². The molecule has 0 aliphatic carbocycles. The molecule has 2 aromatic rings. The summed E-state index contributed by atoms with van der Waals surface area (Å²) in [6.45, 7) is 2.07. The largest absolute Gasteiger partial charge is 0.462 e. The van der Waals surface area contributed by atoms with E-state index < -0.39 is 5.97 Å². The molecule has 3 nitrogen and oxygen atoms in total. The van der Waals surface area contributed by atoms with Gasteiger partial charge < -0.3 is 4.74 Å². The fourth-order valence-electron chi connectivity index (χ4n) is 1.91. The molecule has 0 fully saturated rings. The van der Waals surface area contributed by atoms with Crippen molar-refractivity contribution in [2.24, 2.45) is 0 Å². The van der Waals surface area contributed by atoms with Gasteiger partial charge in [-0.15, -0.1) is 0 Å². The summed E-state index contributed by atoms with van der Waals surface area (Å²) in [5.41, 5.74) is 0.636. The van der Waals surface area contributed by atoms with Gasteiger partial charge in [0, 0.05) is 16.9 Å². The number of carbonyl (C=O) groups is 2. The molecular weight excluding hydrogens is 308 g/mol. The zero-order valence-electron chi connectivity index (χ0n) is 12.9. The third-order valence-corrected chi connectivity index (χ3v) is 4.08. The molecule has 0 saturated heterocycles. The standard InChI is InChI=1S/C19H18O3S/c1-2-22-19(21)18(23-16-11-7-4-8-12-16)14-13-17(20)15-9-5-3-6-10-15/h3-12,14H,2,13H2,1H3/b18-14-. The van der Waals surface area contributed by atoms with Gasteiger partial charge in [-0.25, -0.2) is 4.79 Å². The Morgan fingerprint density at radius 3 is 2.22 bits per heavy atom. The molecular formula is C19H18O3S. The topological polar surface area (TPSA) is 43.4 Å². The van der Waals surface area contributed by atoms with E-state index in [2.05, 4.69) is 0 Å². The molecule has 2 rings (SSSR count). The van der Waals surface area contributed by atoms with Gasteiger partial charge >= 0.3 is 5.97 Å². The Balaban J connectivity index is 2.12. The lowest BCUT2D eigenvalue weighted by molar-refractivity contribution is -0.137. The summed E-state index contributed by atoms with van der Waals surface area (Å²) in [5.74, 6) is -0.428. The smallest absolute Gasteiger partial charge is 0.344 e. The molecule has 2 aromatic carbocycles. The first-order valence-electron chi connectivity index (χ1n) is 7.39. The number of rotatable bonds is 7. The van der Waals surface area contributed by atoms with Crippen LogP contribution in [-0.2, 0) is 9.53 Å². The molecule has 0 atom stereocenters. The SMILES string of the molecule is CCOC(=O)/C(=C/CC(=O)c1ccccc1)Sc1ccccc1. The average Bonchev–Trinajstić information content (AvgIpc) is 2.60. The van der Waals surface area contributed by atoms with E-state index in [1.165, 1.54) is 11.8 Å². The van der Waals surface area contributed by atoms with Crippen LogP contribution in [-0.4, -0.2) is 18.4 Å². The molecule has 0 saturated carbocycles. The summed E-state index contributed by atoms with van der Waals surface area (Å²) in [4.78, 5) is 25.6. The quantitative estimate of drug-likeness (QED) is 0.325. The van der Waals surface area contributed by atoms with Crippen LogP contribution in [0, 0.1) is 0 Å². The van der Waals surface area contributed by atoms with E-state index >= 15 is 0 Å².